The van der Waals surface area contributed by atoms with Crippen molar-refractivity contribution in [3.8, 4) is 0 Å². The van der Waals surface area contributed by atoms with Crippen LogP contribution < -0.4 is 0 Å². The van der Waals surface area contributed by atoms with E-state index in [0.29, 0.717) is 5.92 Å². The average molecular weight is 390 g/mol. The second-order valence-corrected chi connectivity index (χ2v) is 8.17. The SMILES string of the molecule is Cc1nn(C)c2nc(C3CC3)cc(C(=O)N3CCN(Cc4ccccn4)CC3)c12. The summed E-state index contributed by atoms with van der Waals surface area (Å²) in [6.45, 7) is 5.97. The molecular weight excluding hydrogens is 364 g/mol. The molecule has 1 aliphatic carbocycles. The lowest BCUT2D eigenvalue weighted by Gasteiger charge is -2.34. The first-order valence-corrected chi connectivity index (χ1v) is 10.4. The molecule has 150 valence electrons. The Kier molecular flexibility index (Phi) is 4.54. The van der Waals surface area contributed by atoms with Crippen LogP contribution in [0.1, 0.15) is 46.2 Å². The number of carbonyl (C=O) groups excluding carboxylic acids is 1. The van der Waals surface area contributed by atoms with Gasteiger partial charge in [0.25, 0.3) is 5.91 Å². The van der Waals surface area contributed by atoms with Crippen molar-refractivity contribution in [3.05, 3.63) is 53.1 Å². The second kappa shape index (κ2) is 7.22. The molecule has 0 N–H and O–H groups in total. The summed E-state index contributed by atoms with van der Waals surface area (Å²) in [5, 5.41) is 5.43. The first-order chi connectivity index (χ1) is 14.1. The summed E-state index contributed by atoms with van der Waals surface area (Å²) in [5.41, 5.74) is 4.57. The van der Waals surface area contributed by atoms with Gasteiger partial charge in [0, 0.05) is 57.6 Å². The number of rotatable bonds is 4. The molecule has 3 aromatic rings. The van der Waals surface area contributed by atoms with E-state index in [2.05, 4.69) is 21.0 Å². The molecule has 1 saturated heterocycles. The highest BCUT2D eigenvalue weighted by atomic mass is 16.2. The van der Waals surface area contributed by atoms with Crippen molar-refractivity contribution in [1.82, 2.24) is 29.5 Å². The van der Waals surface area contributed by atoms with E-state index in [4.69, 9.17) is 4.98 Å². The summed E-state index contributed by atoms with van der Waals surface area (Å²) in [7, 11) is 1.91. The van der Waals surface area contributed by atoms with Gasteiger partial charge in [0.2, 0.25) is 0 Å². The number of fused-ring (bicyclic) bond motifs is 1. The monoisotopic (exact) mass is 390 g/mol. The van der Waals surface area contributed by atoms with Crippen LogP contribution in [0.15, 0.2) is 30.5 Å². The minimum Gasteiger partial charge on any atom is -0.336 e. The van der Waals surface area contributed by atoms with Crippen LogP contribution in [0.3, 0.4) is 0 Å². The highest BCUT2D eigenvalue weighted by Gasteiger charge is 2.30. The number of piperazine rings is 1. The molecule has 0 bridgehead atoms. The van der Waals surface area contributed by atoms with E-state index in [1.807, 2.05) is 43.3 Å². The lowest BCUT2D eigenvalue weighted by atomic mass is 10.1. The molecule has 0 unspecified atom stereocenters. The Morgan fingerprint density at radius 3 is 2.66 bits per heavy atom. The Morgan fingerprint density at radius 2 is 1.97 bits per heavy atom. The van der Waals surface area contributed by atoms with Crippen molar-refractivity contribution >= 4 is 16.9 Å². The molecule has 0 aromatic carbocycles. The van der Waals surface area contributed by atoms with Crippen LogP contribution in [0.5, 0.6) is 0 Å². The fraction of sp³-hybridized carbons (Fsp3) is 0.455. The fourth-order valence-electron chi connectivity index (χ4n) is 4.22. The molecule has 4 heterocycles. The normalized spacial score (nSPS) is 17.8. The Bertz CT molecular complexity index is 1050. The maximum absolute atomic E-state index is 13.5. The van der Waals surface area contributed by atoms with Gasteiger partial charge >= 0.3 is 0 Å². The van der Waals surface area contributed by atoms with Gasteiger partial charge in [-0.2, -0.15) is 5.10 Å². The van der Waals surface area contributed by atoms with Crippen molar-refractivity contribution in [1.29, 1.82) is 0 Å². The largest absolute Gasteiger partial charge is 0.336 e. The maximum atomic E-state index is 13.5. The number of hydrogen-bond acceptors (Lipinski definition) is 5. The highest BCUT2D eigenvalue weighted by molar-refractivity contribution is 6.06. The highest BCUT2D eigenvalue weighted by Crippen LogP contribution is 2.40. The first-order valence-electron chi connectivity index (χ1n) is 10.4. The third kappa shape index (κ3) is 3.51. The third-order valence-corrected chi connectivity index (χ3v) is 5.99. The van der Waals surface area contributed by atoms with E-state index in [1.165, 1.54) is 0 Å². The van der Waals surface area contributed by atoms with Crippen molar-refractivity contribution in [2.45, 2.75) is 32.2 Å². The van der Waals surface area contributed by atoms with Gasteiger partial charge in [-0.1, -0.05) is 6.07 Å². The summed E-state index contributed by atoms with van der Waals surface area (Å²) in [6, 6.07) is 8.03. The number of nitrogens with zero attached hydrogens (tertiary/aromatic N) is 6. The maximum Gasteiger partial charge on any atom is 0.254 e. The summed E-state index contributed by atoms with van der Waals surface area (Å²) in [5.74, 6) is 0.601. The summed E-state index contributed by atoms with van der Waals surface area (Å²) < 4.78 is 1.80. The number of hydrogen-bond donors (Lipinski definition) is 0. The van der Waals surface area contributed by atoms with Crippen LogP contribution in [0.2, 0.25) is 0 Å². The smallest absolute Gasteiger partial charge is 0.254 e. The molecule has 3 aromatic heterocycles. The van der Waals surface area contributed by atoms with Gasteiger partial charge in [0.15, 0.2) is 5.65 Å². The molecule has 29 heavy (non-hydrogen) atoms. The molecule has 2 fully saturated rings. The summed E-state index contributed by atoms with van der Waals surface area (Å²) >= 11 is 0. The topological polar surface area (TPSA) is 67.2 Å². The Morgan fingerprint density at radius 1 is 1.17 bits per heavy atom. The van der Waals surface area contributed by atoms with Crippen molar-refractivity contribution in [3.63, 3.8) is 0 Å². The minimum absolute atomic E-state index is 0.105. The van der Waals surface area contributed by atoms with Crippen LogP contribution >= 0.6 is 0 Å². The molecule has 0 radical (unpaired) electrons. The number of amides is 1. The number of aryl methyl sites for hydroxylation is 2. The number of carbonyl (C=O) groups is 1. The van der Waals surface area contributed by atoms with Gasteiger partial charge in [0.1, 0.15) is 0 Å². The van der Waals surface area contributed by atoms with E-state index in [0.717, 1.165) is 79.2 Å². The molecule has 1 amide bonds. The molecule has 0 atom stereocenters. The summed E-state index contributed by atoms with van der Waals surface area (Å²) in [6.07, 6.45) is 4.15. The minimum atomic E-state index is 0.105. The quantitative estimate of drug-likeness (QED) is 0.685. The molecule has 1 saturated carbocycles. The van der Waals surface area contributed by atoms with Gasteiger partial charge in [0.05, 0.1) is 22.3 Å². The Labute approximate surface area is 170 Å². The second-order valence-electron chi connectivity index (χ2n) is 8.17. The van der Waals surface area contributed by atoms with Gasteiger partial charge in [-0.25, -0.2) is 4.98 Å². The van der Waals surface area contributed by atoms with E-state index in [9.17, 15) is 4.79 Å². The van der Waals surface area contributed by atoms with Gasteiger partial charge in [-0.05, 0) is 38.0 Å². The standard InChI is InChI=1S/C22H26N6O/c1-15-20-18(13-19(16-6-7-16)24-21(20)26(2)25-15)22(29)28-11-9-27(10-12-28)14-17-5-3-4-8-23-17/h3-5,8,13,16H,6-7,9-12,14H2,1-2H3. The molecular formula is C22H26N6O. The first kappa shape index (κ1) is 18.2. The van der Waals surface area contributed by atoms with E-state index in [-0.39, 0.29) is 5.91 Å². The van der Waals surface area contributed by atoms with Gasteiger partial charge in [-0.15, -0.1) is 0 Å². The zero-order valence-corrected chi connectivity index (χ0v) is 17.0. The number of aromatic nitrogens is 4. The predicted molar refractivity (Wildman–Crippen MR) is 111 cm³/mol. The van der Waals surface area contributed by atoms with Crippen LogP contribution in [0.4, 0.5) is 0 Å². The molecule has 7 nitrogen and oxygen atoms in total. The zero-order valence-electron chi connectivity index (χ0n) is 17.0. The zero-order chi connectivity index (χ0) is 20.0. The molecule has 0 spiro atoms. The van der Waals surface area contributed by atoms with Gasteiger partial charge in [-0.3, -0.25) is 19.4 Å². The van der Waals surface area contributed by atoms with Crippen molar-refractivity contribution < 1.29 is 4.79 Å². The number of pyridine rings is 2. The molecule has 5 rings (SSSR count). The van der Waals surface area contributed by atoms with Crippen LogP contribution in [0, 0.1) is 6.92 Å². The lowest BCUT2D eigenvalue weighted by Crippen LogP contribution is -2.48. The van der Waals surface area contributed by atoms with Crippen molar-refractivity contribution in [2.24, 2.45) is 7.05 Å². The van der Waals surface area contributed by atoms with E-state index < -0.39 is 0 Å². The Balaban J connectivity index is 1.36. The summed E-state index contributed by atoms with van der Waals surface area (Å²) in [4.78, 5) is 27.0. The van der Waals surface area contributed by atoms with Crippen LogP contribution in [-0.2, 0) is 13.6 Å². The van der Waals surface area contributed by atoms with E-state index in [1.54, 1.807) is 4.68 Å². The predicted octanol–water partition coefficient (Wildman–Crippen LogP) is 2.51. The van der Waals surface area contributed by atoms with Crippen molar-refractivity contribution in [2.75, 3.05) is 26.2 Å². The van der Waals surface area contributed by atoms with Gasteiger partial charge < -0.3 is 4.90 Å². The molecule has 2 aliphatic rings. The van der Waals surface area contributed by atoms with Crippen LogP contribution in [0.25, 0.3) is 11.0 Å². The van der Waals surface area contributed by atoms with E-state index >= 15 is 0 Å². The molecule has 1 aliphatic heterocycles. The lowest BCUT2D eigenvalue weighted by molar-refractivity contribution is 0.0628. The Hall–Kier alpha value is -2.80. The third-order valence-electron chi connectivity index (χ3n) is 5.99. The average Bonchev–Trinajstić information content (AvgIpc) is 3.55. The molecule has 7 heteroatoms. The fourth-order valence-corrected chi connectivity index (χ4v) is 4.22. The van der Waals surface area contributed by atoms with Crippen LogP contribution in [-0.4, -0.2) is 61.6 Å².